The van der Waals surface area contributed by atoms with E-state index in [0.29, 0.717) is 0 Å². The topological polar surface area (TPSA) is 50.7 Å². The Labute approximate surface area is 94.8 Å². The molecule has 2 aromatic heterocycles. The molecule has 1 N–H and O–H groups in total. The Bertz CT molecular complexity index is 438. The van der Waals surface area contributed by atoms with Crippen molar-refractivity contribution in [1.29, 1.82) is 0 Å². The van der Waals surface area contributed by atoms with Gasteiger partial charge in [0.25, 0.3) is 0 Å². The molecule has 0 amide bonds. The van der Waals surface area contributed by atoms with Gasteiger partial charge in [0.15, 0.2) is 0 Å². The molecular weight excluding hydrogens is 200 g/mol. The Morgan fingerprint density at radius 2 is 2.00 bits per heavy atom. The minimum Gasteiger partial charge on any atom is -0.376 e. The Balaban J connectivity index is 2.08. The van der Waals surface area contributed by atoms with Gasteiger partial charge in [-0.1, -0.05) is 0 Å². The monoisotopic (exact) mass is 214 g/mol. The van der Waals surface area contributed by atoms with Gasteiger partial charge in [0, 0.05) is 18.1 Å². The first kappa shape index (κ1) is 10.5. The molecule has 1 unspecified atom stereocenters. The maximum absolute atomic E-state index is 4.25. The predicted octanol–water partition coefficient (Wildman–Crippen LogP) is 2.35. The lowest BCUT2D eigenvalue weighted by Gasteiger charge is -2.13. The van der Waals surface area contributed by atoms with Crippen LogP contribution in [0.5, 0.6) is 0 Å². The minimum atomic E-state index is 0.123. The van der Waals surface area contributed by atoms with Crippen LogP contribution in [0.15, 0.2) is 36.9 Å². The molecule has 4 heteroatoms. The van der Waals surface area contributed by atoms with E-state index in [1.807, 2.05) is 32.2 Å². The first-order valence-corrected chi connectivity index (χ1v) is 5.21. The molecule has 2 rings (SSSR count). The molecule has 1 atom stereocenters. The number of aryl methyl sites for hydroxylation is 1. The average Bonchev–Trinajstić information content (AvgIpc) is 2.33. The number of hydrogen-bond acceptors (Lipinski definition) is 4. The normalized spacial score (nSPS) is 12.1. The van der Waals surface area contributed by atoms with Crippen molar-refractivity contribution < 1.29 is 0 Å². The van der Waals surface area contributed by atoms with Gasteiger partial charge in [0.05, 0.1) is 29.8 Å². The highest BCUT2D eigenvalue weighted by Gasteiger charge is 2.06. The fourth-order valence-electron chi connectivity index (χ4n) is 1.41. The highest BCUT2D eigenvalue weighted by molar-refractivity contribution is 5.42. The summed E-state index contributed by atoms with van der Waals surface area (Å²) in [6.07, 6.45) is 6.95. The zero-order chi connectivity index (χ0) is 11.4. The first-order valence-electron chi connectivity index (χ1n) is 5.21. The molecule has 0 saturated heterocycles. The Hall–Kier alpha value is -1.97. The molecule has 2 heterocycles. The van der Waals surface area contributed by atoms with Crippen molar-refractivity contribution in [3.05, 3.63) is 48.3 Å². The number of nitrogens with zero attached hydrogens (tertiary/aromatic N) is 3. The summed E-state index contributed by atoms with van der Waals surface area (Å²) in [6, 6.07) is 4.11. The van der Waals surface area contributed by atoms with Crippen molar-refractivity contribution in [3.8, 4) is 0 Å². The van der Waals surface area contributed by atoms with Gasteiger partial charge in [-0.3, -0.25) is 15.0 Å². The third-order valence-electron chi connectivity index (χ3n) is 2.32. The highest BCUT2D eigenvalue weighted by atomic mass is 15.0. The smallest absolute Gasteiger partial charge is 0.0806 e. The number of aromatic nitrogens is 3. The van der Waals surface area contributed by atoms with Gasteiger partial charge in [-0.05, 0) is 26.0 Å². The molecule has 4 nitrogen and oxygen atoms in total. The SMILES string of the molecule is Cc1ccc(NC(C)c2cnccn2)cn1. The number of pyridine rings is 1. The molecule has 0 aliphatic carbocycles. The summed E-state index contributed by atoms with van der Waals surface area (Å²) in [7, 11) is 0. The van der Waals surface area contributed by atoms with Crippen molar-refractivity contribution in [3.63, 3.8) is 0 Å². The molecule has 0 bridgehead atoms. The van der Waals surface area contributed by atoms with Crippen molar-refractivity contribution in [2.24, 2.45) is 0 Å². The minimum absolute atomic E-state index is 0.123. The van der Waals surface area contributed by atoms with Crippen LogP contribution in [0, 0.1) is 6.92 Å². The molecule has 0 aliphatic rings. The largest absolute Gasteiger partial charge is 0.376 e. The van der Waals surface area contributed by atoms with Crippen LogP contribution in [0.4, 0.5) is 5.69 Å². The molecule has 0 aliphatic heterocycles. The zero-order valence-corrected chi connectivity index (χ0v) is 9.38. The predicted molar refractivity (Wildman–Crippen MR) is 63.0 cm³/mol. The fourth-order valence-corrected chi connectivity index (χ4v) is 1.41. The van der Waals surface area contributed by atoms with Crippen LogP contribution in [0.3, 0.4) is 0 Å². The molecular formula is C12H14N4. The maximum Gasteiger partial charge on any atom is 0.0806 e. The number of hydrogen-bond donors (Lipinski definition) is 1. The van der Waals surface area contributed by atoms with E-state index in [4.69, 9.17) is 0 Å². The first-order chi connectivity index (χ1) is 7.75. The molecule has 0 saturated carbocycles. The maximum atomic E-state index is 4.25. The Morgan fingerprint density at radius 1 is 1.12 bits per heavy atom. The van der Waals surface area contributed by atoms with Gasteiger partial charge < -0.3 is 5.32 Å². The lowest BCUT2D eigenvalue weighted by atomic mass is 10.2. The van der Waals surface area contributed by atoms with Crippen LogP contribution < -0.4 is 5.32 Å². The standard InChI is InChI=1S/C12H14N4/c1-9-3-4-11(7-15-9)16-10(2)12-8-13-5-6-14-12/h3-8,10,16H,1-2H3. The van der Waals surface area contributed by atoms with Crippen molar-refractivity contribution >= 4 is 5.69 Å². The van der Waals surface area contributed by atoms with E-state index in [1.165, 1.54) is 0 Å². The summed E-state index contributed by atoms with van der Waals surface area (Å²) >= 11 is 0. The van der Waals surface area contributed by atoms with Gasteiger partial charge in [0.1, 0.15) is 0 Å². The molecule has 82 valence electrons. The number of rotatable bonds is 3. The van der Waals surface area contributed by atoms with Gasteiger partial charge >= 0.3 is 0 Å². The fraction of sp³-hybridized carbons (Fsp3) is 0.250. The van der Waals surface area contributed by atoms with E-state index in [9.17, 15) is 0 Å². The molecule has 0 radical (unpaired) electrons. The zero-order valence-electron chi connectivity index (χ0n) is 9.38. The lowest BCUT2D eigenvalue weighted by molar-refractivity contribution is 0.826. The molecule has 2 aromatic rings. The van der Waals surface area contributed by atoms with E-state index in [2.05, 4.69) is 20.3 Å². The molecule has 16 heavy (non-hydrogen) atoms. The van der Waals surface area contributed by atoms with Gasteiger partial charge in [-0.2, -0.15) is 0 Å². The summed E-state index contributed by atoms with van der Waals surface area (Å²) in [5, 5.41) is 3.32. The summed E-state index contributed by atoms with van der Waals surface area (Å²) < 4.78 is 0. The van der Waals surface area contributed by atoms with E-state index >= 15 is 0 Å². The van der Waals surface area contributed by atoms with E-state index in [1.54, 1.807) is 18.6 Å². The number of anilines is 1. The third-order valence-corrected chi connectivity index (χ3v) is 2.32. The average molecular weight is 214 g/mol. The van der Waals surface area contributed by atoms with Gasteiger partial charge in [0.2, 0.25) is 0 Å². The quantitative estimate of drug-likeness (QED) is 0.852. The summed E-state index contributed by atoms with van der Waals surface area (Å²) in [4.78, 5) is 12.5. The second-order valence-corrected chi connectivity index (χ2v) is 3.68. The van der Waals surface area contributed by atoms with Crippen LogP contribution >= 0.6 is 0 Å². The van der Waals surface area contributed by atoms with E-state index in [0.717, 1.165) is 17.1 Å². The van der Waals surface area contributed by atoms with Crippen LogP contribution in [-0.2, 0) is 0 Å². The second-order valence-electron chi connectivity index (χ2n) is 3.68. The van der Waals surface area contributed by atoms with E-state index in [-0.39, 0.29) is 6.04 Å². The van der Waals surface area contributed by atoms with Crippen LogP contribution in [0.2, 0.25) is 0 Å². The third kappa shape index (κ3) is 2.53. The second kappa shape index (κ2) is 4.70. The summed E-state index contributed by atoms with van der Waals surface area (Å²) in [5.74, 6) is 0. The van der Waals surface area contributed by atoms with Gasteiger partial charge in [-0.25, -0.2) is 0 Å². The molecule has 0 spiro atoms. The Kier molecular flexibility index (Phi) is 3.10. The van der Waals surface area contributed by atoms with Crippen molar-refractivity contribution in [2.75, 3.05) is 5.32 Å². The molecule has 0 fully saturated rings. The Morgan fingerprint density at radius 3 is 2.62 bits per heavy atom. The van der Waals surface area contributed by atoms with Crippen LogP contribution in [0.25, 0.3) is 0 Å². The molecule has 0 aromatic carbocycles. The lowest BCUT2D eigenvalue weighted by Crippen LogP contribution is -2.08. The summed E-state index contributed by atoms with van der Waals surface area (Å²) in [5.41, 5.74) is 2.92. The van der Waals surface area contributed by atoms with Crippen molar-refractivity contribution in [2.45, 2.75) is 19.9 Å². The van der Waals surface area contributed by atoms with Crippen LogP contribution in [0.1, 0.15) is 24.4 Å². The van der Waals surface area contributed by atoms with Crippen molar-refractivity contribution in [1.82, 2.24) is 15.0 Å². The van der Waals surface area contributed by atoms with Crippen LogP contribution in [-0.4, -0.2) is 15.0 Å². The van der Waals surface area contributed by atoms with Gasteiger partial charge in [-0.15, -0.1) is 0 Å². The van der Waals surface area contributed by atoms with E-state index < -0.39 is 0 Å². The summed E-state index contributed by atoms with van der Waals surface area (Å²) in [6.45, 7) is 4.01. The highest BCUT2D eigenvalue weighted by Crippen LogP contribution is 2.15. The number of nitrogens with one attached hydrogen (secondary N) is 1.